The van der Waals surface area contributed by atoms with Crippen molar-refractivity contribution < 1.29 is 9.59 Å². The van der Waals surface area contributed by atoms with Crippen LogP contribution < -0.4 is 16.2 Å². The van der Waals surface area contributed by atoms with Crippen molar-refractivity contribution >= 4 is 34.0 Å². The van der Waals surface area contributed by atoms with Gasteiger partial charge in [-0.3, -0.25) is 14.4 Å². The largest absolute Gasteiger partial charge is 0.324 e. The lowest BCUT2D eigenvalue weighted by Gasteiger charge is -2.10. The molecule has 2 amide bonds. The first-order valence-corrected chi connectivity index (χ1v) is 9.32. The second kappa shape index (κ2) is 8.40. The number of amides is 2. The number of para-hydroxylation sites is 1. The number of rotatable bonds is 5. The van der Waals surface area contributed by atoms with Crippen LogP contribution in [-0.4, -0.2) is 21.6 Å². The maximum absolute atomic E-state index is 12.5. The van der Waals surface area contributed by atoms with Crippen molar-refractivity contribution in [2.75, 3.05) is 10.6 Å². The highest BCUT2D eigenvalue weighted by Crippen LogP contribution is 2.22. The number of hydrogen-bond donors (Lipinski definition) is 2. The zero-order chi connectivity index (χ0) is 20.9. The lowest BCUT2D eigenvalue weighted by atomic mass is 10.1. The number of carbonyl (C=O) groups excluding carboxylic acids is 2. The summed E-state index contributed by atoms with van der Waals surface area (Å²) in [5.41, 5.74) is 0.815. The molecule has 30 heavy (non-hydrogen) atoms. The molecule has 0 fully saturated rings. The number of nitrogens with one attached hydrogen (secondary N) is 2. The summed E-state index contributed by atoms with van der Waals surface area (Å²) >= 11 is 0. The third-order valence-corrected chi connectivity index (χ3v) is 4.49. The Hall–Kier alpha value is -4.26. The molecule has 0 aliphatic heterocycles. The number of fused-ring (bicyclic) bond motifs is 1. The molecule has 0 spiro atoms. The smallest absolute Gasteiger partial charge is 0.276 e. The van der Waals surface area contributed by atoms with Crippen LogP contribution >= 0.6 is 0 Å². The van der Waals surface area contributed by atoms with E-state index in [9.17, 15) is 14.4 Å². The van der Waals surface area contributed by atoms with E-state index in [1.807, 2.05) is 42.5 Å². The maximum Gasteiger partial charge on any atom is 0.276 e. The zero-order valence-electron chi connectivity index (χ0n) is 15.9. The van der Waals surface area contributed by atoms with Gasteiger partial charge in [-0.25, -0.2) is 4.68 Å². The molecule has 0 bridgehead atoms. The van der Waals surface area contributed by atoms with Crippen LogP contribution in [0, 0.1) is 0 Å². The van der Waals surface area contributed by atoms with E-state index in [2.05, 4.69) is 15.7 Å². The third kappa shape index (κ3) is 4.25. The van der Waals surface area contributed by atoms with E-state index in [0.717, 1.165) is 15.5 Å². The molecular weight excluding hydrogens is 380 g/mol. The molecule has 7 nitrogen and oxygen atoms in total. The van der Waals surface area contributed by atoms with E-state index in [0.29, 0.717) is 11.4 Å². The Bertz CT molecular complexity index is 1280. The minimum atomic E-state index is -0.473. The minimum Gasteiger partial charge on any atom is -0.324 e. The molecule has 0 saturated heterocycles. The molecule has 148 valence electrons. The molecule has 0 atom stereocenters. The van der Waals surface area contributed by atoms with Gasteiger partial charge in [-0.15, -0.1) is 0 Å². The second-order valence-corrected chi connectivity index (χ2v) is 6.61. The first kappa shape index (κ1) is 19.1. The van der Waals surface area contributed by atoms with E-state index in [-0.39, 0.29) is 12.2 Å². The van der Waals surface area contributed by atoms with Crippen LogP contribution in [0.5, 0.6) is 0 Å². The summed E-state index contributed by atoms with van der Waals surface area (Å²) < 4.78 is 0.973. The minimum absolute atomic E-state index is 0.0383. The SMILES string of the molecule is O=C(Cn1nc(C(=O)Nc2ccccc2)ccc1=O)Nc1cccc2ccccc12. The topological polar surface area (TPSA) is 93.1 Å². The van der Waals surface area contributed by atoms with Crippen molar-refractivity contribution in [2.45, 2.75) is 6.54 Å². The van der Waals surface area contributed by atoms with Crippen molar-refractivity contribution in [3.8, 4) is 0 Å². The van der Waals surface area contributed by atoms with Crippen molar-refractivity contribution in [1.29, 1.82) is 0 Å². The van der Waals surface area contributed by atoms with Crippen LogP contribution in [0.25, 0.3) is 10.8 Å². The summed E-state index contributed by atoms with van der Waals surface area (Å²) in [6.07, 6.45) is 0. The van der Waals surface area contributed by atoms with Gasteiger partial charge in [0.05, 0.1) is 0 Å². The molecule has 0 unspecified atom stereocenters. The van der Waals surface area contributed by atoms with Crippen molar-refractivity contribution in [2.24, 2.45) is 0 Å². The maximum atomic E-state index is 12.5. The lowest BCUT2D eigenvalue weighted by molar-refractivity contribution is -0.117. The molecule has 7 heteroatoms. The van der Waals surface area contributed by atoms with Gasteiger partial charge < -0.3 is 10.6 Å². The van der Waals surface area contributed by atoms with Gasteiger partial charge in [0.25, 0.3) is 11.5 Å². The lowest BCUT2D eigenvalue weighted by Crippen LogP contribution is -2.31. The Morgan fingerprint density at radius 2 is 1.53 bits per heavy atom. The van der Waals surface area contributed by atoms with Gasteiger partial charge >= 0.3 is 0 Å². The van der Waals surface area contributed by atoms with E-state index < -0.39 is 17.4 Å². The average Bonchev–Trinajstić information content (AvgIpc) is 2.76. The second-order valence-electron chi connectivity index (χ2n) is 6.61. The molecule has 3 aromatic carbocycles. The third-order valence-electron chi connectivity index (χ3n) is 4.49. The number of nitrogens with zero attached hydrogens (tertiary/aromatic N) is 2. The van der Waals surface area contributed by atoms with Gasteiger partial charge in [-0.2, -0.15) is 5.10 Å². The average molecular weight is 398 g/mol. The van der Waals surface area contributed by atoms with E-state index in [4.69, 9.17) is 0 Å². The van der Waals surface area contributed by atoms with E-state index in [1.54, 1.807) is 30.3 Å². The molecule has 4 rings (SSSR count). The van der Waals surface area contributed by atoms with E-state index in [1.165, 1.54) is 12.1 Å². The molecule has 0 aliphatic rings. The molecule has 4 aromatic rings. The summed E-state index contributed by atoms with van der Waals surface area (Å²) in [5.74, 6) is -0.883. The summed E-state index contributed by atoms with van der Waals surface area (Å²) in [5, 5.41) is 11.4. The first-order chi connectivity index (χ1) is 14.6. The molecule has 1 heterocycles. The Morgan fingerprint density at radius 3 is 2.37 bits per heavy atom. The summed E-state index contributed by atoms with van der Waals surface area (Å²) in [6.45, 7) is -0.311. The molecule has 0 saturated carbocycles. The van der Waals surface area contributed by atoms with Crippen LogP contribution in [0.15, 0.2) is 89.7 Å². The first-order valence-electron chi connectivity index (χ1n) is 9.32. The van der Waals surface area contributed by atoms with Crippen molar-refractivity contribution in [3.05, 3.63) is 101 Å². The molecule has 0 radical (unpaired) electrons. The molecule has 0 aliphatic carbocycles. The Morgan fingerprint density at radius 1 is 0.800 bits per heavy atom. The van der Waals surface area contributed by atoms with Gasteiger partial charge in [0.15, 0.2) is 0 Å². The fraction of sp³-hybridized carbons (Fsp3) is 0.0435. The number of anilines is 2. The quantitative estimate of drug-likeness (QED) is 0.540. The van der Waals surface area contributed by atoms with Gasteiger partial charge in [0.1, 0.15) is 12.2 Å². The zero-order valence-corrected chi connectivity index (χ0v) is 15.9. The fourth-order valence-electron chi connectivity index (χ4n) is 3.06. The van der Waals surface area contributed by atoms with Gasteiger partial charge in [0, 0.05) is 22.8 Å². The molecule has 2 N–H and O–H groups in total. The predicted molar refractivity (Wildman–Crippen MR) is 115 cm³/mol. The normalized spacial score (nSPS) is 10.5. The van der Waals surface area contributed by atoms with Gasteiger partial charge in [-0.05, 0) is 29.7 Å². The summed E-state index contributed by atoms with van der Waals surface area (Å²) in [6, 6.07) is 24.7. The van der Waals surface area contributed by atoms with Crippen LogP contribution in [-0.2, 0) is 11.3 Å². The van der Waals surface area contributed by atoms with Gasteiger partial charge in [0.2, 0.25) is 5.91 Å². The Labute approximate surface area is 172 Å². The summed E-state index contributed by atoms with van der Waals surface area (Å²) in [4.78, 5) is 37.1. The van der Waals surface area contributed by atoms with Crippen molar-refractivity contribution in [1.82, 2.24) is 9.78 Å². The fourth-order valence-corrected chi connectivity index (χ4v) is 3.06. The highest BCUT2D eigenvalue weighted by Gasteiger charge is 2.13. The molecule has 1 aromatic heterocycles. The predicted octanol–water partition coefficient (Wildman–Crippen LogP) is 3.29. The summed E-state index contributed by atoms with van der Waals surface area (Å²) in [7, 11) is 0. The van der Waals surface area contributed by atoms with Crippen LogP contribution in [0.1, 0.15) is 10.5 Å². The van der Waals surface area contributed by atoms with E-state index >= 15 is 0 Å². The van der Waals surface area contributed by atoms with Crippen molar-refractivity contribution in [3.63, 3.8) is 0 Å². The van der Waals surface area contributed by atoms with Crippen LogP contribution in [0.4, 0.5) is 11.4 Å². The monoisotopic (exact) mass is 398 g/mol. The Balaban J connectivity index is 1.51. The molecular formula is C23H18N4O3. The number of benzene rings is 3. The Kier molecular flexibility index (Phi) is 5.34. The number of carbonyl (C=O) groups is 2. The van der Waals surface area contributed by atoms with Crippen LogP contribution in [0.3, 0.4) is 0 Å². The number of aromatic nitrogens is 2. The highest BCUT2D eigenvalue weighted by atomic mass is 16.2. The van der Waals surface area contributed by atoms with Gasteiger partial charge in [-0.1, -0.05) is 54.6 Å². The van der Waals surface area contributed by atoms with Crippen LogP contribution in [0.2, 0.25) is 0 Å². The standard InChI is InChI=1S/C23H18N4O3/c28-21(25-19-12-6-8-16-7-4-5-11-18(16)19)15-27-22(29)14-13-20(26-27)23(30)24-17-9-2-1-3-10-17/h1-14H,15H2,(H,24,30)(H,25,28). The number of hydrogen-bond acceptors (Lipinski definition) is 4. The highest BCUT2D eigenvalue weighted by molar-refractivity contribution is 6.03.